The highest BCUT2D eigenvalue weighted by atomic mass is 35.5. The van der Waals surface area contributed by atoms with E-state index < -0.39 is 0 Å². The number of hydrogen-bond donors (Lipinski definition) is 1. The monoisotopic (exact) mass is 479 g/mol. The lowest BCUT2D eigenvalue weighted by atomic mass is 9.95. The number of nitrogens with one attached hydrogen (secondary N) is 1. The second kappa shape index (κ2) is 10.4. The fourth-order valence-corrected chi connectivity index (χ4v) is 5.39. The first kappa shape index (κ1) is 22.7. The Labute approximate surface area is 199 Å². The zero-order valence-corrected chi connectivity index (χ0v) is 19.8. The van der Waals surface area contributed by atoms with Crippen molar-refractivity contribution >= 4 is 40.8 Å². The van der Waals surface area contributed by atoms with Crippen LogP contribution in [0.4, 0.5) is 4.79 Å². The van der Waals surface area contributed by atoms with Gasteiger partial charge in [-0.1, -0.05) is 72.3 Å². The molecule has 0 spiro atoms. The van der Waals surface area contributed by atoms with Gasteiger partial charge in [0.25, 0.3) is 0 Å². The molecule has 0 radical (unpaired) electrons. The zero-order chi connectivity index (χ0) is 21.8. The largest absolute Gasteiger partial charge is 0.335 e. The van der Waals surface area contributed by atoms with Gasteiger partial charge in [0, 0.05) is 47.3 Å². The average molecular weight is 481 g/mol. The maximum atomic E-state index is 12.8. The lowest BCUT2D eigenvalue weighted by Gasteiger charge is -2.40. The first-order chi connectivity index (χ1) is 15.0. The van der Waals surface area contributed by atoms with Gasteiger partial charge < -0.3 is 10.2 Å². The molecule has 1 unspecified atom stereocenters. The van der Waals surface area contributed by atoms with Gasteiger partial charge >= 0.3 is 6.03 Å². The van der Waals surface area contributed by atoms with Crippen molar-refractivity contribution in [2.75, 3.05) is 26.2 Å². The molecule has 166 valence electrons. The SMILES string of the molecule is O=C(NC1CCCCC1)N1CCN(C(c2cccc(Cl)c2)c2ccc(Cl)cc2Cl)CC1. The number of rotatable bonds is 4. The van der Waals surface area contributed by atoms with Crippen LogP contribution in [0.5, 0.6) is 0 Å². The zero-order valence-electron chi connectivity index (χ0n) is 17.5. The van der Waals surface area contributed by atoms with E-state index in [1.165, 1.54) is 19.3 Å². The quantitative estimate of drug-likeness (QED) is 0.550. The van der Waals surface area contributed by atoms with E-state index in [1.54, 1.807) is 6.07 Å². The number of carbonyl (C=O) groups excluding carboxylic acids is 1. The molecule has 1 atom stereocenters. The van der Waals surface area contributed by atoms with Crippen LogP contribution in [0, 0.1) is 0 Å². The number of benzene rings is 2. The Morgan fingerprint density at radius 3 is 2.29 bits per heavy atom. The van der Waals surface area contributed by atoms with Crippen LogP contribution in [0.15, 0.2) is 42.5 Å². The van der Waals surface area contributed by atoms with Gasteiger partial charge in [0.1, 0.15) is 0 Å². The molecule has 1 saturated carbocycles. The standard InChI is InChI=1S/C24H28Cl3N3O/c25-18-6-4-5-17(15-18)23(21-10-9-19(26)16-22(21)27)29-11-13-30(14-12-29)24(31)28-20-7-2-1-3-8-20/h4-6,9-10,15-16,20,23H,1-3,7-8,11-14H2,(H,28,31). The fraction of sp³-hybridized carbons (Fsp3) is 0.458. The molecule has 2 aromatic carbocycles. The number of halogens is 3. The molecule has 0 bridgehead atoms. The normalized spacial score (nSPS) is 19.3. The van der Waals surface area contributed by atoms with E-state index >= 15 is 0 Å². The van der Waals surface area contributed by atoms with Gasteiger partial charge in [0.15, 0.2) is 0 Å². The number of hydrogen-bond acceptors (Lipinski definition) is 2. The van der Waals surface area contributed by atoms with E-state index in [2.05, 4.69) is 16.3 Å². The molecular formula is C24H28Cl3N3O. The van der Waals surface area contributed by atoms with Gasteiger partial charge in [-0.25, -0.2) is 4.79 Å². The van der Waals surface area contributed by atoms with E-state index in [4.69, 9.17) is 34.8 Å². The van der Waals surface area contributed by atoms with E-state index in [0.29, 0.717) is 34.2 Å². The summed E-state index contributed by atoms with van der Waals surface area (Å²) >= 11 is 19.0. The molecule has 1 aliphatic heterocycles. The Balaban J connectivity index is 1.49. The summed E-state index contributed by atoms with van der Waals surface area (Å²) in [6.45, 7) is 2.88. The van der Waals surface area contributed by atoms with Gasteiger partial charge in [-0.15, -0.1) is 0 Å². The van der Waals surface area contributed by atoms with Crippen molar-refractivity contribution in [1.82, 2.24) is 15.1 Å². The van der Waals surface area contributed by atoms with Crippen LogP contribution in [-0.4, -0.2) is 48.1 Å². The third-order valence-electron chi connectivity index (χ3n) is 6.32. The molecule has 1 aliphatic carbocycles. The van der Waals surface area contributed by atoms with Crippen LogP contribution < -0.4 is 5.32 Å². The van der Waals surface area contributed by atoms with Crippen molar-refractivity contribution in [1.29, 1.82) is 0 Å². The Bertz CT molecular complexity index is 909. The van der Waals surface area contributed by atoms with Crippen LogP contribution in [-0.2, 0) is 0 Å². The number of carbonyl (C=O) groups is 1. The number of piperazine rings is 1. The minimum absolute atomic E-state index is 0.0491. The summed E-state index contributed by atoms with van der Waals surface area (Å²) in [4.78, 5) is 17.1. The van der Waals surface area contributed by atoms with Crippen LogP contribution in [0.1, 0.15) is 49.3 Å². The van der Waals surface area contributed by atoms with Crippen molar-refractivity contribution in [2.45, 2.75) is 44.2 Å². The first-order valence-corrected chi connectivity index (χ1v) is 12.1. The highest BCUT2D eigenvalue weighted by Crippen LogP contribution is 2.36. The Morgan fingerprint density at radius 2 is 1.61 bits per heavy atom. The van der Waals surface area contributed by atoms with E-state index in [0.717, 1.165) is 37.1 Å². The topological polar surface area (TPSA) is 35.6 Å². The molecular weight excluding hydrogens is 453 g/mol. The molecule has 2 aliphatic rings. The molecule has 31 heavy (non-hydrogen) atoms. The van der Waals surface area contributed by atoms with Gasteiger partial charge in [-0.05, 0) is 48.2 Å². The van der Waals surface area contributed by atoms with Gasteiger partial charge in [-0.2, -0.15) is 0 Å². The Morgan fingerprint density at radius 1 is 0.903 bits per heavy atom. The van der Waals surface area contributed by atoms with Crippen molar-refractivity contribution < 1.29 is 4.79 Å². The highest BCUT2D eigenvalue weighted by Gasteiger charge is 2.30. The van der Waals surface area contributed by atoms with Gasteiger partial charge in [0.2, 0.25) is 0 Å². The molecule has 2 amide bonds. The molecule has 1 saturated heterocycles. The molecule has 4 rings (SSSR count). The first-order valence-electron chi connectivity index (χ1n) is 11.0. The van der Waals surface area contributed by atoms with Crippen LogP contribution in [0.25, 0.3) is 0 Å². The molecule has 1 N–H and O–H groups in total. The minimum atomic E-state index is -0.0491. The third kappa shape index (κ3) is 5.67. The highest BCUT2D eigenvalue weighted by molar-refractivity contribution is 6.35. The summed E-state index contributed by atoms with van der Waals surface area (Å²) in [5.41, 5.74) is 2.07. The summed E-state index contributed by atoms with van der Waals surface area (Å²) in [6.07, 6.45) is 5.89. The summed E-state index contributed by atoms with van der Waals surface area (Å²) in [6, 6.07) is 13.9. The molecule has 2 fully saturated rings. The van der Waals surface area contributed by atoms with Crippen molar-refractivity contribution in [3.63, 3.8) is 0 Å². The molecule has 4 nitrogen and oxygen atoms in total. The Kier molecular flexibility index (Phi) is 7.65. The fourth-order valence-electron chi connectivity index (χ4n) is 4.68. The average Bonchev–Trinajstić information content (AvgIpc) is 2.77. The van der Waals surface area contributed by atoms with Crippen LogP contribution in [0.3, 0.4) is 0 Å². The maximum absolute atomic E-state index is 12.8. The molecule has 2 aromatic rings. The molecule has 7 heteroatoms. The van der Waals surface area contributed by atoms with Gasteiger partial charge in [-0.3, -0.25) is 4.90 Å². The summed E-state index contributed by atoms with van der Waals surface area (Å²) in [5, 5.41) is 5.17. The molecule has 0 aromatic heterocycles. The summed E-state index contributed by atoms with van der Waals surface area (Å²) < 4.78 is 0. The van der Waals surface area contributed by atoms with E-state index in [9.17, 15) is 4.79 Å². The maximum Gasteiger partial charge on any atom is 0.317 e. The Hall–Kier alpha value is -1.46. The van der Waals surface area contributed by atoms with Crippen LogP contribution >= 0.6 is 34.8 Å². The summed E-state index contributed by atoms with van der Waals surface area (Å²) in [7, 11) is 0. The second-order valence-electron chi connectivity index (χ2n) is 8.43. The smallest absolute Gasteiger partial charge is 0.317 e. The molecule has 1 heterocycles. The van der Waals surface area contributed by atoms with Crippen molar-refractivity contribution in [3.8, 4) is 0 Å². The van der Waals surface area contributed by atoms with Crippen molar-refractivity contribution in [3.05, 3.63) is 68.7 Å². The second-order valence-corrected chi connectivity index (χ2v) is 9.71. The number of amides is 2. The number of nitrogens with zero attached hydrogens (tertiary/aromatic N) is 2. The van der Waals surface area contributed by atoms with E-state index in [1.807, 2.05) is 35.2 Å². The summed E-state index contributed by atoms with van der Waals surface area (Å²) in [5.74, 6) is 0. The van der Waals surface area contributed by atoms with Gasteiger partial charge in [0.05, 0.1) is 6.04 Å². The van der Waals surface area contributed by atoms with Crippen molar-refractivity contribution in [2.24, 2.45) is 0 Å². The number of urea groups is 1. The van der Waals surface area contributed by atoms with Crippen LogP contribution in [0.2, 0.25) is 15.1 Å². The predicted molar refractivity (Wildman–Crippen MR) is 128 cm³/mol. The third-order valence-corrected chi connectivity index (χ3v) is 7.12. The predicted octanol–water partition coefficient (Wildman–Crippen LogP) is 6.40. The minimum Gasteiger partial charge on any atom is -0.335 e. The lowest BCUT2D eigenvalue weighted by molar-refractivity contribution is 0.118. The van der Waals surface area contributed by atoms with E-state index in [-0.39, 0.29) is 12.1 Å². The lowest BCUT2D eigenvalue weighted by Crippen LogP contribution is -2.54.